The third-order valence-electron chi connectivity index (χ3n) is 4.86. The average molecular weight is 352 g/mol. The second-order valence-corrected chi connectivity index (χ2v) is 6.73. The van der Waals surface area contributed by atoms with E-state index in [4.69, 9.17) is 4.74 Å². The predicted octanol–water partition coefficient (Wildman–Crippen LogP) is 4.20. The highest BCUT2D eigenvalue weighted by Gasteiger charge is 2.32. The second-order valence-electron chi connectivity index (χ2n) is 6.73. The van der Waals surface area contributed by atoms with E-state index in [1.807, 2.05) is 47.4 Å². The summed E-state index contributed by atoms with van der Waals surface area (Å²) in [6, 6.07) is 13.4. The van der Waals surface area contributed by atoms with Crippen LogP contribution in [0.3, 0.4) is 0 Å². The molecule has 2 aromatic rings. The molecule has 0 spiro atoms. The zero-order chi connectivity index (χ0) is 18.8. The minimum atomic E-state index is 0.0353. The predicted molar refractivity (Wildman–Crippen MR) is 103 cm³/mol. The summed E-state index contributed by atoms with van der Waals surface area (Å²) in [5, 5.41) is 3.54. The zero-order valence-corrected chi connectivity index (χ0v) is 15.6. The highest BCUT2D eigenvalue weighted by molar-refractivity contribution is 5.95. The zero-order valence-electron chi connectivity index (χ0n) is 15.6. The molecule has 2 aromatic carbocycles. The van der Waals surface area contributed by atoms with Crippen molar-refractivity contribution in [2.75, 3.05) is 17.3 Å². The van der Waals surface area contributed by atoms with Gasteiger partial charge in [-0.15, -0.1) is 0 Å². The number of anilines is 2. The number of methoxy groups -OCH3 is 1. The molecule has 1 heterocycles. The molecule has 5 nitrogen and oxygen atoms in total. The van der Waals surface area contributed by atoms with Crippen LogP contribution >= 0.6 is 0 Å². The van der Waals surface area contributed by atoms with Gasteiger partial charge in [0.15, 0.2) is 5.78 Å². The number of nitrogens with one attached hydrogen (secondary N) is 1. The summed E-state index contributed by atoms with van der Waals surface area (Å²) in [6.07, 6.45) is 0.786. The first-order valence-electron chi connectivity index (χ1n) is 8.76. The Morgan fingerprint density at radius 1 is 1.12 bits per heavy atom. The van der Waals surface area contributed by atoms with Crippen LogP contribution in [0.15, 0.2) is 42.5 Å². The smallest absolute Gasteiger partial charge is 0.224 e. The maximum absolute atomic E-state index is 12.1. The molecule has 0 aliphatic carbocycles. The number of ketones is 1. The molecule has 1 N–H and O–H groups in total. The number of Topliss-reactive ketones (excluding diaryl/α,β-unsaturated/α-hetero) is 1. The molecular weight excluding hydrogens is 328 g/mol. The first-order chi connectivity index (χ1) is 12.4. The van der Waals surface area contributed by atoms with E-state index in [1.165, 1.54) is 0 Å². The fourth-order valence-electron chi connectivity index (χ4n) is 3.59. The van der Waals surface area contributed by atoms with Crippen molar-refractivity contribution >= 4 is 23.1 Å². The molecule has 0 bridgehead atoms. The molecule has 0 aromatic heterocycles. The molecule has 0 radical (unpaired) electrons. The van der Waals surface area contributed by atoms with Gasteiger partial charge in [0, 0.05) is 35.5 Å². The number of hydrogen-bond donors (Lipinski definition) is 1. The van der Waals surface area contributed by atoms with Gasteiger partial charge in [-0.1, -0.05) is 0 Å². The average Bonchev–Trinajstić information content (AvgIpc) is 2.61. The first kappa shape index (κ1) is 18.0. The number of amides is 1. The van der Waals surface area contributed by atoms with Crippen molar-refractivity contribution in [2.24, 2.45) is 0 Å². The molecule has 1 aliphatic rings. The number of benzene rings is 2. The van der Waals surface area contributed by atoms with E-state index < -0.39 is 0 Å². The van der Waals surface area contributed by atoms with E-state index in [0.717, 1.165) is 29.1 Å². The molecule has 0 fully saturated rings. The minimum Gasteiger partial charge on any atom is -0.497 e. The van der Waals surface area contributed by atoms with Crippen LogP contribution in [-0.4, -0.2) is 24.8 Å². The van der Waals surface area contributed by atoms with Gasteiger partial charge in [0.25, 0.3) is 0 Å². The van der Waals surface area contributed by atoms with Crippen LogP contribution in [-0.2, 0) is 4.79 Å². The SMILES string of the molecule is COc1ccc2c(c1)[C@@H](Nc1ccc(C(C)=O)cc1)C[C@@H](C)N2C(C)=O. The van der Waals surface area contributed by atoms with Gasteiger partial charge in [0.05, 0.1) is 13.2 Å². The molecule has 0 unspecified atom stereocenters. The minimum absolute atomic E-state index is 0.0353. The first-order valence-corrected chi connectivity index (χ1v) is 8.76. The summed E-state index contributed by atoms with van der Waals surface area (Å²) >= 11 is 0. The molecule has 3 rings (SSSR count). The van der Waals surface area contributed by atoms with Crippen LogP contribution < -0.4 is 15.0 Å². The summed E-state index contributed by atoms with van der Waals surface area (Å²) in [6.45, 7) is 5.21. The van der Waals surface area contributed by atoms with Crippen molar-refractivity contribution in [1.82, 2.24) is 0 Å². The maximum Gasteiger partial charge on any atom is 0.224 e. The van der Waals surface area contributed by atoms with Crippen LogP contribution in [0.4, 0.5) is 11.4 Å². The van der Waals surface area contributed by atoms with E-state index in [0.29, 0.717) is 5.56 Å². The summed E-state index contributed by atoms with van der Waals surface area (Å²) in [7, 11) is 1.64. The van der Waals surface area contributed by atoms with Gasteiger partial charge in [-0.05, 0) is 62.7 Å². The van der Waals surface area contributed by atoms with Crippen LogP contribution in [0.2, 0.25) is 0 Å². The molecule has 26 heavy (non-hydrogen) atoms. The van der Waals surface area contributed by atoms with Crippen LogP contribution in [0.1, 0.15) is 49.2 Å². The van der Waals surface area contributed by atoms with Gasteiger partial charge < -0.3 is 15.0 Å². The highest BCUT2D eigenvalue weighted by Crippen LogP contribution is 2.40. The van der Waals surface area contributed by atoms with E-state index >= 15 is 0 Å². The lowest BCUT2D eigenvalue weighted by Crippen LogP contribution is -2.43. The van der Waals surface area contributed by atoms with E-state index in [2.05, 4.69) is 12.2 Å². The Hall–Kier alpha value is -2.82. The Bertz CT molecular complexity index is 830. The lowest BCUT2D eigenvalue weighted by atomic mass is 9.91. The Morgan fingerprint density at radius 3 is 2.38 bits per heavy atom. The van der Waals surface area contributed by atoms with Gasteiger partial charge in [0.1, 0.15) is 5.75 Å². The Balaban J connectivity index is 1.95. The monoisotopic (exact) mass is 352 g/mol. The van der Waals surface area contributed by atoms with Crippen LogP contribution in [0.25, 0.3) is 0 Å². The summed E-state index contributed by atoms with van der Waals surface area (Å²) in [5.41, 5.74) is 3.58. The number of nitrogens with zero attached hydrogens (tertiary/aromatic N) is 1. The lowest BCUT2D eigenvalue weighted by Gasteiger charge is -2.39. The number of ether oxygens (including phenoxy) is 1. The van der Waals surface area contributed by atoms with Crippen LogP contribution in [0, 0.1) is 0 Å². The third-order valence-corrected chi connectivity index (χ3v) is 4.86. The van der Waals surface area contributed by atoms with Gasteiger partial charge >= 0.3 is 0 Å². The molecule has 0 saturated carbocycles. The molecular formula is C21H24N2O3. The number of carbonyl (C=O) groups is 2. The van der Waals surface area contributed by atoms with Gasteiger partial charge in [-0.3, -0.25) is 9.59 Å². The number of fused-ring (bicyclic) bond motifs is 1. The molecule has 1 aliphatic heterocycles. The van der Waals surface area contributed by atoms with Crippen molar-refractivity contribution in [1.29, 1.82) is 0 Å². The number of rotatable bonds is 4. The quantitative estimate of drug-likeness (QED) is 0.838. The fourth-order valence-corrected chi connectivity index (χ4v) is 3.59. The van der Waals surface area contributed by atoms with Crippen molar-refractivity contribution in [2.45, 2.75) is 39.3 Å². The molecule has 5 heteroatoms. The molecule has 2 atom stereocenters. The largest absolute Gasteiger partial charge is 0.497 e. The highest BCUT2D eigenvalue weighted by atomic mass is 16.5. The van der Waals surface area contributed by atoms with E-state index in [9.17, 15) is 9.59 Å². The van der Waals surface area contributed by atoms with E-state index in [-0.39, 0.29) is 23.8 Å². The standard InChI is InChI=1S/C21H24N2O3/c1-13-11-20(22-17-7-5-16(6-8-17)14(2)24)19-12-18(26-4)9-10-21(19)23(13)15(3)25/h5-10,12-13,20,22H,11H2,1-4H3/t13-,20+/m1/s1. The second kappa shape index (κ2) is 7.20. The Labute approximate surface area is 154 Å². The topological polar surface area (TPSA) is 58.6 Å². The summed E-state index contributed by atoms with van der Waals surface area (Å²) < 4.78 is 5.37. The van der Waals surface area contributed by atoms with Crippen molar-refractivity contribution in [3.63, 3.8) is 0 Å². The van der Waals surface area contributed by atoms with Gasteiger partial charge in [-0.2, -0.15) is 0 Å². The maximum atomic E-state index is 12.1. The Kier molecular flexibility index (Phi) is 4.98. The number of carbonyl (C=O) groups excluding carboxylic acids is 2. The number of hydrogen-bond acceptors (Lipinski definition) is 4. The van der Waals surface area contributed by atoms with Crippen LogP contribution in [0.5, 0.6) is 5.75 Å². The summed E-state index contributed by atoms with van der Waals surface area (Å²) in [5.74, 6) is 0.851. The van der Waals surface area contributed by atoms with Crippen molar-refractivity contribution in [3.8, 4) is 5.75 Å². The van der Waals surface area contributed by atoms with Gasteiger partial charge in [0.2, 0.25) is 5.91 Å². The third kappa shape index (κ3) is 3.43. The summed E-state index contributed by atoms with van der Waals surface area (Å²) in [4.78, 5) is 25.4. The normalized spacial score (nSPS) is 18.8. The van der Waals surface area contributed by atoms with E-state index in [1.54, 1.807) is 21.0 Å². The van der Waals surface area contributed by atoms with Crippen molar-refractivity contribution in [3.05, 3.63) is 53.6 Å². The lowest BCUT2D eigenvalue weighted by molar-refractivity contribution is -0.117. The molecule has 1 amide bonds. The Morgan fingerprint density at radius 2 is 1.81 bits per heavy atom. The molecule has 136 valence electrons. The molecule has 0 saturated heterocycles. The van der Waals surface area contributed by atoms with Crippen molar-refractivity contribution < 1.29 is 14.3 Å². The van der Waals surface area contributed by atoms with Gasteiger partial charge in [-0.25, -0.2) is 0 Å². The fraction of sp³-hybridized carbons (Fsp3) is 0.333.